The van der Waals surface area contributed by atoms with E-state index in [-0.39, 0.29) is 5.92 Å². The van der Waals surface area contributed by atoms with Gasteiger partial charge in [-0.15, -0.1) is 0 Å². The molecule has 8 nitrogen and oxygen atoms in total. The van der Waals surface area contributed by atoms with Crippen molar-refractivity contribution in [1.29, 1.82) is 5.41 Å². The minimum Gasteiger partial charge on any atom is -0.398 e. The van der Waals surface area contributed by atoms with Gasteiger partial charge >= 0.3 is 0 Å². The molecule has 0 atom stereocenters. The third kappa shape index (κ3) is 5.94. The fourth-order valence-electron chi connectivity index (χ4n) is 3.19. The maximum absolute atomic E-state index is 7.54. The maximum atomic E-state index is 7.54. The van der Waals surface area contributed by atoms with Crippen molar-refractivity contribution in [2.24, 2.45) is 27.4 Å². The molecule has 0 saturated carbocycles. The number of nitrogens with two attached hydrogens (primary N) is 2. The Morgan fingerprint density at radius 3 is 2.73 bits per heavy atom. The summed E-state index contributed by atoms with van der Waals surface area (Å²) in [5.74, 6) is 1.12. The molecule has 33 heavy (non-hydrogen) atoms. The van der Waals surface area contributed by atoms with E-state index in [9.17, 15) is 0 Å². The normalized spacial score (nSPS) is 17.2. The van der Waals surface area contributed by atoms with Crippen molar-refractivity contribution in [3.8, 4) is 0 Å². The van der Waals surface area contributed by atoms with Crippen LogP contribution in [0.4, 0.5) is 0 Å². The Bertz CT molecular complexity index is 1140. The Morgan fingerprint density at radius 1 is 1.24 bits per heavy atom. The van der Waals surface area contributed by atoms with E-state index < -0.39 is 0 Å². The number of aromatic nitrogens is 1. The zero-order valence-corrected chi connectivity index (χ0v) is 19.1. The summed E-state index contributed by atoms with van der Waals surface area (Å²) in [5, 5.41) is 14.1. The van der Waals surface area contributed by atoms with Gasteiger partial charge in [-0.3, -0.25) is 9.98 Å². The molecule has 1 aromatic heterocycles. The van der Waals surface area contributed by atoms with Crippen LogP contribution in [0, 0.1) is 11.3 Å². The van der Waals surface area contributed by atoms with Gasteiger partial charge < -0.3 is 27.5 Å². The summed E-state index contributed by atoms with van der Waals surface area (Å²) in [6.07, 6.45) is 15.9. The van der Waals surface area contributed by atoms with Gasteiger partial charge in [0.2, 0.25) is 0 Å². The number of dihydropyridines is 2. The summed E-state index contributed by atoms with van der Waals surface area (Å²) >= 11 is 0. The van der Waals surface area contributed by atoms with Crippen LogP contribution >= 0.6 is 0 Å². The highest BCUT2D eigenvalue weighted by molar-refractivity contribution is 5.98. The van der Waals surface area contributed by atoms with Gasteiger partial charge in [-0.25, -0.2) is 4.99 Å². The molecule has 1 aromatic rings. The van der Waals surface area contributed by atoms with Crippen molar-refractivity contribution >= 4 is 24.0 Å². The smallest absolute Gasteiger partial charge is 0.132 e. The highest BCUT2D eigenvalue weighted by Crippen LogP contribution is 2.26. The molecular weight excluding hydrogens is 412 g/mol. The average Bonchev–Trinajstić information content (AvgIpc) is 2.82. The zero-order chi connectivity index (χ0) is 23.8. The second kappa shape index (κ2) is 10.9. The van der Waals surface area contributed by atoms with E-state index in [0.29, 0.717) is 23.9 Å². The van der Waals surface area contributed by atoms with Gasteiger partial charge in [-0.05, 0) is 54.9 Å². The molecule has 3 heterocycles. The van der Waals surface area contributed by atoms with Gasteiger partial charge in [-0.1, -0.05) is 13.8 Å². The molecular formula is C25H30N8. The molecule has 3 rings (SSSR count). The molecule has 0 aromatic carbocycles. The molecule has 0 spiro atoms. The van der Waals surface area contributed by atoms with Crippen molar-refractivity contribution < 1.29 is 0 Å². The van der Waals surface area contributed by atoms with E-state index in [1.807, 2.05) is 57.3 Å². The van der Waals surface area contributed by atoms with Crippen LogP contribution < -0.4 is 22.1 Å². The van der Waals surface area contributed by atoms with Gasteiger partial charge in [0.05, 0.1) is 11.4 Å². The predicted octanol–water partition coefficient (Wildman–Crippen LogP) is 3.13. The van der Waals surface area contributed by atoms with Crippen molar-refractivity contribution in [2.45, 2.75) is 20.8 Å². The molecule has 0 aliphatic carbocycles. The monoisotopic (exact) mass is 442 g/mol. The molecule has 0 unspecified atom stereocenters. The first-order chi connectivity index (χ1) is 15.9. The Labute approximate surface area is 194 Å². The Balaban J connectivity index is 1.91. The van der Waals surface area contributed by atoms with E-state index in [4.69, 9.17) is 16.9 Å². The second-order valence-electron chi connectivity index (χ2n) is 7.74. The van der Waals surface area contributed by atoms with E-state index >= 15 is 0 Å². The number of nitrogens with one attached hydrogen (secondary N) is 3. The van der Waals surface area contributed by atoms with Gasteiger partial charge in [0.1, 0.15) is 11.7 Å². The number of hydrogen-bond acceptors (Lipinski definition) is 7. The number of nitrogens with zero attached hydrogens (tertiary/aromatic N) is 3. The van der Waals surface area contributed by atoms with Crippen LogP contribution in [0.15, 0.2) is 98.9 Å². The minimum atomic E-state index is 0.189. The first-order valence-corrected chi connectivity index (χ1v) is 10.8. The standard InChI is InChI=1S/C25H30N8/c1-4-29-15-20(25(28)17-6-5-9-30-13-17)19-10-22-21(31-14-19)7-8-24(32-22)33-23(27)11-18(12-26)16(2)3/h5-16,26,31-32H,4,28H2,1-3H3,(H2,27,33). The summed E-state index contributed by atoms with van der Waals surface area (Å²) in [5.41, 5.74) is 18.2. The van der Waals surface area contributed by atoms with Crippen molar-refractivity contribution in [3.63, 3.8) is 0 Å². The van der Waals surface area contributed by atoms with Gasteiger partial charge in [0.15, 0.2) is 0 Å². The SMILES string of the molecule is CCN=CC(C1=CNC2=CC=C(N=C(N)C=C(C=N)C(C)C)NC2=C1)=C(N)c1cccnc1. The van der Waals surface area contributed by atoms with Gasteiger partial charge in [-0.2, -0.15) is 0 Å². The van der Waals surface area contributed by atoms with E-state index in [0.717, 1.165) is 33.7 Å². The lowest BCUT2D eigenvalue weighted by molar-refractivity contribution is 0.806. The van der Waals surface area contributed by atoms with Gasteiger partial charge in [0.25, 0.3) is 0 Å². The molecule has 0 amide bonds. The topological polar surface area (TPSA) is 138 Å². The predicted molar refractivity (Wildman–Crippen MR) is 136 cm³/mol. The largest absolute Gasteiger partial charge is 0.398 e. The first kappa shape index (κ1) is 23.5. The van der Waals surface area contributed by atoms with Crippen LogP contribution in [0.1, 0.15) is 26.3 Å². The molecule has 0 radical (unpaired) electrons. The van der Waals surface area contributed by atoms with E-state index in [2.05, 4.69) is 25.6 Å². The number of aliphatic imine (C=N–C) groups is 2. The summed E-state index contributed by atoms with van der Waals surface area (Å²) < 4.78 is 0. The van der Waals surface area contributed by atoms with Crippen molar-refractivity contribution in [2.75, 3.05) is 6.54 Å². The molecule has 170 valence electrons. The third-order valence-electron chi connectivity index (χ3n) is 5.02. The van der Waals surface area contributed by atoms with Crippen molar-refractivity contribution in [3.05, 3.63) is 94.5 Å². The Hall–Kier alpha value is -4.20. The quantitative estimate of drug-likeness (QED) is 0.311. The zero-order valence-electron chi connectivity index (χ0n) is 19.1. The molecule has 7 N–H and O–H groups in total. The summed E-state index contributed by atoms with van der Waals surface area (Å²) in [7, 11) is 0. The average molecular weight is 443 g/mol. The highest BCUT2D eigenvalue weighted by atomic mass is 15.1. The number of amidine groups is 1. The lowest BCUT2D eigenvalue weighted by Crippen LogP contribution is -2.27. The fraction of sp³-hybridized carbons (Fsp3) is 0.200. The molecule has 0 bridgehead atoms. The first-order valence-electron chi connectivity index (χ1n) is 10.8. The van der Waals surface area contributed by atoms with Crippen LogP contribution in [0.25, 0.3) is 5.70 Å². The van der Waals surface area contributed by atoms with E-state index in [1.165, 1.54) is 6.21 Å². The number of pyridine rings is 1. The summed E-state index contributed by atoms with van der Waals surface area (Å²) in [6.45, 7) is 6.63. The maximum Gasteiger partial charge on any atom is 0.132 e. The Kier molecular flexibility index (Phi) is 7.75. The minimum absolute atomic E-state index is 0.189. The molecule has 2 aliphatic rings. The second-order valence-corrected chi connectivity index (χ2v) is 7.74. The van der Waals surface area contributed by atoms with Crippen LogP contribution in [-0.2, 0) is 0 Å². The summed E-state index contributed by atoms with van der Waals surface area (Å²) in [4.78, 5) is 13.0. The third-order valence-corrected chi connectivity index (χ3v) is 5.02. The van der Waals surface area contributed by atoms with Crippen molar-refractivity contribution in [1.82, 2.24) is 15.6 Å². The summed E-state index contributed by atoms with van der Waals surface area (Å²) in [6, 6.07) is 3.77. The van der Waals surface area contributed by atoms with Gasteiger partial charge in [0, 0.05) is 60.0 Å². The molecule has 2 aliphatic heterocycles. The molecule has 0 fully saturated rings. The number of allylic oxidation sites excluding steroid dienone is 6. The van der Waals surface area contributed by atoms with Crippen LogP contribution in [0.5, 0.6) is 0 Å². The van der Waals surface area contributed by atoms with Crippen LogP contribution in [-0.4, -0.2) is 29.8 Å². The van der Waals surface area contributed by atoms with Crippen LogP contribution in [0.2, 0.25) is 0 Å². The molecule has 8 heteroatoms. The van der Waals surface area contributed by atoms with Crippen LogP contribution in [0.3, 0.4) is 0 Å². The number of rotatable bonds is 8. The molecule has 0 saturated heterocycles. The number of fused-ring (bicyclic) bond motifs is 1. The lowest BCUT2D eigenvalue weighted by Gasteiger charge is -2.24. The fourth-order valence-corrected chi connectivity index (χ4v) is 3.19. The lowest BCUT2D eigenvalue weighted by atomic mass is 9.98. The van der Waals surface area contributed by atoms with E-state index in [1.54, 1.807) is 24.7 Å². The Morgan fingerprint density at radius 2 is 2.06 bits per heavy atom. The number of hydrogen-bond donors (Lipinski definition) is 5. The highest BCUT2D eigenvalue weighted by Gasteiger charge is 2.18.